The number of nitrogens with zero attached hydrogens (tertiary/aromatic N) is 1. The monoisotopic (exact) mass is 397 g/mol. The van der Waals surface area contributed by atoms with Gasteiger partial charge in [0.15, 0.2) is 23.3 Å². The number of amides is 2. The number of carbonyl (C=O) groups is 3. The molecule has 0 radical (unpaired) electrons. The molecule has 2 aromatic carbocycles. The largest absolute Gasteiger partial charge is 0.508 e. The van der Waals surface area contributed by atoms with Gasteiger partial charge in [-0.2, -0.15) is 0 Å². The van der Waals surface area contributed by atoms with Gasteiger partial charge in [-0.15, -0.1) is 0 Å². The van der Waals surface area contributed by atoms with Crippen molar-refractivity contribution in [2.45, 2.75) is 12.5 Å². The van der Waals surface area contributed by atoms with E-state index in [1.54, 1.807) is 0 Å². The molecular weight excluding hydrogens is 386 g/mol. The van der Waals surface area contributed by atoms with E-state index in [1.165, 1.54) is 24.3 Å². The molecule has 1 heterocycles. The highest BCUT2D eigenvalue weighted by Crippen LogP contribution is 2.33. The predicted molar refractivity (Wildman–Crippen MR) is 84.4 cm³/mol. The predicted octanol–water partition coefficient (Wildman–Crippen LogP) is 2.33. The normalized spacial score (nSPS) is 14.2. The molecule has 6 nitrogen and oxygen atoms in total. The number of methoxy groups -OCH3 is 1. The van der Waals surface area contributed by atoms with Crippen LogP contribution in [0.2, 0.25) is 0 Å². The number of carbonyl (C=O) groups excluding carboxylic acids is 3. The summed E-state index contributed by atoms with van der Waals surface area (Å²) in [5, 5.41) is 9.31. The Hall–Kier alpha value is -3.43. The van der Waals surface area contributed by atoms with Crippen LogP contribution in [0.1, 0.15) is 26.3 Å². The Morgan fingerprint density at radius 1 is 0.964 bits per heavy atom. The zero-order valence-corrected chi connectivity index (χ0v) is 14.1. The lowest BCUT2D eigenvalue weighted by molar-refractivity contribution is -0.145. The van der Waals surface area contributed by atoms with Gasteiger partial charge in [-0.05, 0) is 17.7 Å². The highest BCUT2D eigenvalue weighted by Gasteiger charge is 2.48. The van der Waals surface area contributed by atoms with Crippen LogP contribution in [-0.4, -0.2) is 40.9 Å². The Bertz CT molecular complexity index is 959. The average molecular weight is 397 g/mol. The summed E-state index contributed by atoms with van der Waals surface area (Å²) in [5.41, 5.74) is -2.22. The number of phenolic OH excluding ortho intramolecular Hbond substituents is 1. The quantitative estimate of drug-likeness (QED) is 0.282. The summed E-state index contributed by atoms with van der Waals surface area (Å²) < 4.78 is 59.6. The molecule has 28 heavy (non-hydrogen) atoms. The summed E-state index contributed by atoms with van der Waals surface area (Å²) in [4.78, 5) is 37.4. The molecule has 0 bridgehead atoms. The van der Waals surface area contributed by atoms with Crippen LogP contribution in [0.3, 0.4) is 0 Å². The minimum Gasteiger partial charge on any atom is -0.508 e. The first-order chi connectivity index (χ1) is 13.2. The Kier molecular flexibility index (Phi) is 4.80. The van der Waals surface area contributed by atoms with Crippen LogP contribution in [0.25, 0.3) is 0 Å². The molecule has 146 valence electrons. The van der Waals surface area contributed by atoms with Crippen molar-refractivity contribution in [2.24, 2.45) is 0 Å². The number of imide groups is 1. The van der Waals surface area contributed by atoms with E-state index in [2.05, 4.69) is 4.74 Å². The maximum atomic E-state index is 14.0. The Morgan fingerprint density at radius 3 is 1.86 bits per heavy atom. The fourth-order valence-corrected chi connectivity index (χ4v) is 2.92. The number of aromatic hydroxyl groups is 1. The van der Waals surface area contributed by atoms with Gasteiger partial charge in [-0.3, -0.25) is 14.5 Å². The molecule has 1 atom stereocenters. The molecule has 10 heteroatoms. The number of halogens is 4. The van der Waals surface area contributed by atoms with Gasteiger partial charge in [-0.1, -0.05) is 12.1 Å². The van der Waals surface area contributed by atoms with Gasteiger partial charge in [0.05, 0.1) is 18.2 Å². The van der Waals surface area contributed by atoms with Crippen LogP contribution in [-0.2, 0) is 16.0 Å². The van der Waals surface area contributed by atoms with E-state index in [1.807, 2.05) is 0 Å². The topological polar surface area (TPSA) is 83.9 Å². The zero-order chi connectivity index (χ0) is 20.7. The fraction of sp³-hybridized carbons (Fsp3) is 0.167. The molecular formula is C18H11F4NO5. The second-order valence-electron chi connectivity index (χ2n) is 5.90. The summed E-state index contributed by atoms with van der Waals surface area (Å²) >= 11 is 0. The van der Waals surface area contributed by atoms with Crippen LogP contribution >= 0.6 is 0 Å². The second-order valence-corrected chi connectivity index (χ2v) is 5.90. The van der Waals surface area contributed by atoms with E-state index >= 15 is 0 Å². The summed E-state index contributed by atoms with van der Waals surface area (Å²) in [6.45, 7) is 0. The van der Waals surface area contributed by atoms with Crippen molar-refractivity contribution in [1.82, 2.24) is 4.90 Å². The SMILES string of the molecule is COC(=O)C(Cc1ccc(O)cc1)N1C(=O)c2c(F)c(F)c(F)c(F)c2C1=O. The minimum atomic E-state index is -2.24. The molecule has 0 aliphatic carbocycles. The molecule has 1 aliphatic heterocycles. The third kappa shape index (κ3) is 2.86. The van der Waals surface area contributed by atoms with Crippen molar-refractivity contribution >= 4 is 17.8 Å². The first-order valence-corrected chi connectivity index (χ1v) is 7.78. The fourth-order valence-electron chi connectivity index (χ4n) is 2.92. The van der Waals surface area contributed by atoms with E-state index in [4.69, 9.17) is 0 Å². The highest BCUT2D eigenvalue weighted by atomic mass is 19.2. The van der Waals surface area contributed by atoms with Crippen molar-refractivity contribution in [1.29, 1.82) is 0 Å². The number of phenols is 1. The van der Waals surface area contributed by atoms with Gasteiger partial charge in [0.2, 0.25) is 0 Å². The molecule has 0 spiro atoms. The lowest BCUT2D eigenvalue weighted by Gasteiger charge is -2.24. The van der Waals surface area contributed by atoms with Crippen LogP contribution in [0.5, 0.6) is 5.75 Å². The van der Waals surface area contributed by atoms with Gasteiger partial charge >= 0.3 is 5.97 Å². The molecule has 0 fully saturated rings. The van der Waals surface area contributed by atoms with E-state index < -0.39 is 58.2 Å². The number of esters is 1. The second kappa shape index (κ2) is 6.95. The number of fused-ring (bicyclic) bond motifs is 1. The maximum absolute atomic E-state index is 14.0. The van der Waals surface area contributed by atoms with E-state index in [-0.39, 0.29) is 17.1 Å². The number of hydrogen-bond acceptors (Lipinski definition) is 5. The van der Waals surface area contributed by atoms with E-state index in [0.29, 0.717) is 5.56 Å². The molecule has 0 aromatic heterocycles. The standard InChI is InChI=1S/C18H11F4NO5/c1-28-18(27)9(6-7-2-4-8(24)5-3-7)23-16(25)10-11(17(23)26)13(20)15(22)14(21)12(10)19/h2-5,9,24H,6H2,1H3. The maximum Gasteiger partial charge on any atom is 0.329 e. The van der Waals surface area contributed by atoms with Gasteiger partial charge in [0, 0.05) is 6.42 Å². The number of benzene rings is 2. The van der Waals surface area contributed by atoms with Gasteiger partial charge in [0.25, 0.3) is 11.8 Å². The first kappa shape index (κ1) is 19.3. The molecule has 0 saturated heterocycles. The third-order valence-corrected chi connectivity index (χ3v) is 4.28. The number of rotatable bonds is 4. The van der Waals surface area contributed by atoms with Crippen molar-refractivity contribution in [3.63, 3.8) is 0 Å². The summed E-state index contributed by atoms with van der Waals surface area (Å²) in [5.74, 6) is -12.7. The first-order valence-electron chi connectivity index (χ1n) is 7.78. The smallest absolute Gasteiger partial charge is 0.329 e. The molecule has 1 unspecified atom stereocenters. The highest BCUT2D eigenvalue weighted by molar-refractivity contribution is 6.23. The molecule has 1 aliphatic rings. The van der Waals surface area contributed by atoms with Crippen molar-refractivity contribution in [3.05, 3.63) is 64.2 Å². The summed E-state index contributed by atoms with van der Waals surface area (Å²) in [6, 6.07) is 3.65. The molecule has 2 aromatic rings. The Balaban J connectivity index is 2.09. The number of hydrogen-bond donors (Lipinski definition) is 1. The van der Waals surface area contributed by atoms with Crippen LogP contribution < -0.4 is 0 Å². The van der Waals surface area contributed by atoms with Crippen LogP contribution in [0.15, 0.2) is 24.3 Å². The van der Waals surface area contributed by atoms with Crippen molar-refractivity contribution < 1.29 is 41.8 Å². The van der Waals surface area contributed by atoms with E-state index in [9.17, 15) is 37.1 Å². The lowest BCUT2D eigenvalue weighted by Crippen LogP contribution is -2.46. The molecule has 0 saturated carbocycles. The third-order valence-electron chi connectivity index (χ3n) is 4.28. The van der Waals surface area contributed by atoms with Gasteiger partial charge in [0.1, 0.15) is 11.8 Å². The van der Waals surface area contributed by atoms with Crippen LogP contribution in [0, 0.1) is 23.3 Å². The van der Waals surface area contributed by atoms with Gasteiger partial charge in [-0.25, -0.2) is 22.4 Å². The van der Waals surface area contributed by atoms with Gasteiger partial charge < -0.3 is 9.84 Å². The molecule has 2 amide bonds. The molecule has 3 rings (SSSR count). The average Bonchev–Trinajstić information content (AvgIpc) is 2.94. The van der Waals surface area contributed by atoms with E-state index in [0.717, 1.165) is 7.11 Å². The van der Waals surface area contributed by atoms with Crippen LogP contribution in [0.4, 0.5) is 17.6 Å². The van der Waals surface area contributed by atoms with Crippen molar-refractivity contribution in [3.8, 4) is 5.75 Å². The minimum absolute atomic E-state index is 0.0887. The summed E-state index contributed by atoms with van der Waals surface area (Å²) in [6.07, 6.45) is -0.327. The molecule has 1 N–H and O–H groups in total. The lowest BCUT2D eigenvalue weighted by atomic mass is 10.0. The zero-order valence-electron chi connectivity index (χ0n) is 14.1. The Morgan fingerprint density at radius 2 is 1.43 bits per heavy atom. The summed E-state index contributed by atoms with van der Waals surface area (Å²) in [7, 11) is 0.963. The Labute approximate surface area is 154 Å². The van der Waals surface area contributed by atoms with Crippen molar-refractivity contribution in [2.75, 3.05) is 7.11 Å². The number of ether oxygens (including phenoxy) is 1.